The Labute approximate surface area is 172 Å². The van der Waals surface area contributed by atoms with Gasteiger partial charge in [0.15, 0.2) is 0 Å². The van der Waals surface area contributed by atoms with Crippen LogP contribution in [0.1, 0.15) is 16.7 Å². The molecule has 130 valence electrons. The maximum atomic E-state index is 2.49. The van der Waals surface area contributed by atoms with E-state index in [1.54, 1.807) is 10.5 Å². The molecule has 3 aromatic rings. The van der Waals surface area contributed by atoms with E-state index in [0.29, 0.717) is 0 Å². The van der Waals surface area contributed by atoms with Gasteiger partial charge in [-0.3, -0.25) is 0 Å². The van der Waals surface area contributed by atoms with Crippen molar-refractivity contribution in [1.29, 1.82) is 0 Å². The second-order valence-corrected chi connectivity index (χ2v) is 11.3. The molecule has 0 N–H and O–H groups in total. The Kier molecular flexibility index (Phi) is 6.64. The fourth-order valence-corrected chi connectivity index (χ4v) is 9.08. The molecule has 0 radical (unpaired) electrons. The van der Waals surface area contributed by atoms with Crippen LogP contribution in [0.3, 0.4) is 0 Å². The first-order chi connectivity index (χ1) is 11.5. The number of hydrogen-bond donors (Lipinski definition) is 0. The minimum Gasteiger partial charge on any atom is -1.00 e. The predicted octanol–water partition coefficient (Wildman–Crippen LogP) is -0.470. The van der Waals surface area contributed by atoms with Crippen LogP contribution in [-0.4, -0.2) is 16.9 Å². The molecule has 25 heavy (non-hydrogen) atoms. The number of aryl methyl sites for hydroxylation is 1. The van der Waals surface area contributed by atoms with Gasteiger partial charge in [0.25, 0.3) is 0 Å². The molecular weight excluding hydrogens is 450 g/mol. The van der Waals surface area contributed by atoms with Crippen molar-refractivity contribution in [2.45, 2.75) is 20.8 Å². The third-order valence-corrected chi connectivity index (χ3v) is 11.3. The van der Waals surface area contributed by atoms with E-state index in [1.807, 2.05) is 0 Å². The number of halogens is 1. The van der Waals surface area contributed by atoms with Gasteiger partial charge in [0, 0.05) is 10.2 Å². The second-order valence-electron chi connectivity index (χ2n) is 6.76. The van der Waals surface area contributed by atoms with Gasteiger partial charge in [-0.05, 0) is 73.0 Å². The highest BCUT2D eigenvalue weighted by atomic mass is 127. The van der Waals surface area contributed by atoms with E-state index in [1.165, 1.54) is 27.3 Å². The first kappa shape index (κ1) is 20.4. The maximum Gasteiger partial charge on any atom is 0.108 e. The first-order valence-corrected chi connectivity index (χ1v) is 11.8. The van der Waals surface area contributed by atoms with E-state index in [9.17, 15) is 0 Å². The van der Waals surface area contributed by atoms with E-state index in [4.69, 9.17) is 0 Å². The standard InChI is InChI=1S/C22H26PSi.HI/c1-16-15-21(22(24)18(3)17(16)2)23(4,19-11-7-5-8-12-19)20-13-9-6-10-14-20;/h5-15H,1-4,24H3;1H/q+1;/p-1. The number of benzene rings is 3. The van der Waals surface area contributed by atoms with Crippen LogP contribution in [0.5, 0.6) is 0 Å². The molecule has 0 fully saturated rings. The van der Waals surface area contributed by atoms with Crippen LogP contribution in [0, 0.1) is 20.8 Å². The third-order valence-electron chi connectivity index (χ3n) is 5.48. The van der Waals surface area contributed by atoms with E-state index in [-0.39, 0.29) is 24.0 Å². The topological polar surface area (TPSA) is 0 Å². The van der Waals surface area contributed by atoms with Crippen molar-refractivity contribution < 1.29 is 24.0 Å². The van der Waals surface area contributed by atoms with Crippen LogP contribution >= 0.6 is 7.26 Å². The Bertz CT molecular complexity index is 821. The van der Waals surface area contributed by atoms with Crippen molar-refractivity contribution in [3.8, 4) is 0 Å². The highest BCUT2D eigenvalue weighted by molar-refractivity contribution is 7.95. The van der Waals surface area contributed by atoms with E-state index in [2.05, 4.69) is 94.2 Å². The van der Waals surface area contributed by atoms with Crippen LogP contribution in [0.15, 0.2) is 66.7 Å². The lowest BCUT2D eigenvalue weighted by molar-refractivity contribution is -0.00000484. The van der Waals surface area contributed by atoms with Crippen LogP contribution in [0.2, 0.25) is 0 Å². The van der Waals surface area contributed by atoms with Gasteiger partial charge in [0.1, 0.15) is 23.2 Å². The Balaban J connectivity index is 0.00000225. The molecule has 3 rings (SSSR count). The molecule has 0 aliphatic rings. The van der Waals surface area contributed by atoms with Gasteiger partial charge in [-0.15, -0.1) is 0 Å². The molecule has 0 unspecified atom stereocenters. The average Bonchev–Trinajstić information content (AvgIpc) is 2.64. The van der Waals surface area contributed by atoms with E-state index in [0.717, 1.165) is 10.2 Å². The number of hydrogen-bond acceptors (Lipinski definition) is 0. The van der Waals surface area contributed by atoms with Gasteiger partial charge < -0.3 is 24.0 Å². The molecule has 0 atom stereocenters. The predicted molar refractivity (Wildman–Crippen MR) is 115 cm³/mol. The average molecular weight is 476 g/mol. The summed E-state index contributed by atoms with van der Waals surface area (Å²) in [6, 6.07) is 24.7. The molecule has 3 aromatic carbocycles. The van der Waals surface area contributed by atoms with Gasteiger partial charge >= 0.3 is 0 Å². The molecule has 0 heterocycles. The molecule has 0 saturated carbocycles. The summed E-state index contributed by atoms with van der Waals surface area (Å²) in [7, 11) is -0.518. The van der Waals surface area contributed by atoms with Gasteiger partial charge in [-0.25, -0.2) is 0 Å². The molecule has 3 heteroatoms. The third kappa shape index (κ3) is 3.62. The first-order valence-electron chi connectivity index (χ1n) is 8.52. The lowest BCUT2D eigenvalue weighted by atomic mass is 10.0. The zero-order chi connectivity index (χ0) is 17.3. The summed E-state index contributed by atoms with van der Waals surface area (Å²) >= 11 is 0. The molecule has 0 aliphatic heterocycles. The summed E-state index contributed by atoms with van der Waals surface area (Å²) < 4.78 is 0. The molecule has 0 amide bonds. The van der Waals surface area contributed by atoms with E-state index < -0.39 is 7.26 Å². The molecule has 0 saturated heterocycles. The SMILES string of the molecule is Cc1cc([P+](C)(c2ccccc2)c2ccccc2)c([SiH3])c(C)c1C.[I-]. The Morgan fingerprint density at radius 1 is 0.720 bits per heavy atom. The highest BCUT2D eigenvalue weighted by Gasteiger charge is 2.41. The summed E-state index contributed by atoms with van der Waals surface area (Å²) in [6.45, 7) is 9.31. The van der Waals surface area contributed by atoms with Crippen LogP contribution < -0.4 is 45.1 Å². The summed E-state index contributed by atoms with van der Waals surface area (Å²) in [5.41, 5.74) is 4.37. The largest absolute Gasteiger partial charge is 1.00 e. The fourth-order valence-electron chi connectivity index (χ4n) is 3.53. The van der Waals surface area contributed by atoms with Crippen molar-refractivity contribution >= 4 is 38.6 Å². The summed E-state index contributed by atoms with van der Waals surface area (Å²) in [5, 5.41) is 6.10. The normalized spacial score (nSPS) is 11.2. The highest BCUT2D eigenvalue weighted by Crippen LogP contribution is 2.51. The zero-order valence-electron chi connectivity index (χ0n) is 15.7. The van der Waals surface area contributed by atoms with Crippen molar-refractivity contribution in [2.24, 2.45) is 0 Å². The Morgan fingerprint density at radius 2 is 1.16 bits per heavy atom. The molecule has 0 nitrogen and oxygen atoms in total. The van der Waals surface area contributed by atoms with Gasteiger partial charge in [0.05, 0.1) is 6.66 Å². The van der Waals surface area contributed by atoms with Crippen molar-refractivity contribution in [1.82, 2.24) is 0 Å². The fraction of sp³-hybridized carbons (Fsp3) is 0.182. The second kappa shape index (κ2) is 8.16. The van der Waals surface area contributed by atoms with Crippen LogP contribution in [0.25, 0.3) is 0 Å². The minimum atomic E-state index is -1.60. The zero-order valence-corrected chi connectivity index (χ0v) is 20.7. The Hall–Kier alpha value is -0.963. The Morgan fingerprint density at radius 3 is 1.60 bits per heavy atom. The lowest BCUT2D eigenvalue weighted by Crippen LogP contribution is -3.00. The summed E-state index contributed by atoms with van der Waals surface area (Å²) in [6.07, 6.45) is 0. The summed E-state index contributed by atoms with van der Waals surface area (Å²) in [4.78, 5) is 0. The van der Waals surface area contributed by atoms with E-state index >= 15 is 0 Å². The van der Waals surface area contributed by atoms with Crippen molar-refractivity contribution in [3.63, 3.8) is 0 Å². The minimum absolute atomic E-state index is 0. The van der Waals surface area contributed by atoms with Crippen molar-refractivity contribution in [2.75, 3.05) is 6.66 Å². The molecule has 0 aliphatic carbocycles. The lowest BCUT2D eigenvalue weighted by Gasteiger charge is -2.26. The maximum absolute atomic E-state index is 2.49. The molecule has 0 bridgehead atoms. The summed E-state index contributed by atoms with van der Waals surface area (Å²) in [5.74, 6) is 0. The van der Waals surface area contributed by atoms with Crippen LogP contribution in [-0.2, 0) is 0 Å². The van der Waals surface area contributed by atoms with Crippen molar-refractivity contribution in [3.05, 3.63) is 83.4 Å². The van der Waals surface area contributed by atoms with Gasteiger partial charge in [-0.1, -0.05) is 36.4 Å². The quantitative estimate of drug-likeness (QED) is 0.273. The monoisotopic (exact) mass is 476 g/mol. The molecular formula is C22H26IPSi. The number of rotatable bonds is 3. The molecule has 0 spiro atoms. The van der Waals surface area contributed by atoms with Crippen LogP contribution in [0.4, 0.5) is 0 Å². The smallest absolute Gasteiger partial charge is 0.108 e. The van der Waals surface area contributed by atoms with Gasteiger partial charge in [0.2, 0.25) is 0 Å². The molecule has 0 aromatic heterocycles. The van der Waals surface area contributed by atoms with Gasteiger partial charge in [-0.2, -0.15) is 0 Å².